The van der Waals surface area contributed by atoms with E-state index in [1.165, 1.54) is 24.3 Å². The van der Waals surface area contributed by atoms with Gasteiger partial charge in [0.1, 0.15) is 5.82 Å². The van der Waals surface area contributed by atoms with Crippen LogP contribution in [0, 0.1) is 5.82 Å². The van der Waals surface area contributed by atoms with E-state index in [4.69, 9.17) is 11.6 Å². The van der Waals surface area contributed by atoms with Crippen LogP contribution in [0.5, 0.6) is 0 Å². The van der Waals surface area contributed by atoms with E-state index in [0.717, 1.165) is 5.56 Å². The highest BCUT2D eigenvalue weighted by molar-refractivity contribution is 6.30. The molecule has 0 atom stereocenters. The van der Waals surface area contributed by atoms with Crippen LogP contribution in [0.2, 0.25) is 5.02 Å². The van der Waals surface area contributed by atoms with E-state index in [1.807, 2.05) is 0 Å². The molecule has 0 aliphatic carbocycles. The number of halogens is 2. The zero-order valence-corrected chi connectivity index (χ0v) is 11.9. The second-order valence-electron chi connectivity index (χ2n) is 4.51. The molecule has 0 unspecified atom stereocenters. The van der Waals surface area contributed by atoms with Gasteiger partial charge in [-0.1, -0.05) is 23.7 Å². The summed E-state index contributed by atoms with van der Waals surface area (Å²) in [4.78, 5) is 23.6. The van der Waals surface area contributed by atoms with Gasteiger partial charge in [0.15, 0.2) is 5.78 Å². The molecule has 2 aromatic carbocycles. The highest BCUT2D eigenvalue weighted by Crippen LogP contribution is 2.11. The maximum Gasteiger partial charge on any atom is 0.224 e. The van der Waals surface area contributed by atoms with Gasteiger partial charge in [0.25, 0.3) is 0 Å². The van der Waals surface area contributed by atoms with Crippen LogP contribution < -0.4 is 5.32 Å². The van der Waals surface area contributed by atoms with Crippen molar-refractivity contribution in [3.05, 3.63) is 70.5 Å². The van der Waals surface area contributed by atoms with Gasteiger partial charge in [0, 0.05) is 10.6 Å². The molecule has 0 spiro atoms. The highest BCUT2D eigenvalue weighted by Gasteiger charge is 2.09. The number of carbonyl (C=O) groups excluding carboxylic acids is 2. The van der Waals surface area contributed by atoms with Crippen LogP contribution in [0.25, 0.3) is 0 Å². The topological polar surface area (TPSA) is 46.2 Å². The smallest absolute Gasteiger partial charge is 0.224 e. The lowest BCUT2D eigenvalue weighted by Crippen LogP contribution is -2.30. The molecular formula is C16H13ClFNO2. The number of Topliss-reactive ketones (excluding diaryl/α,β-unsaturated/α-hetero) is 1. The fourth-order valence-corrected chi connectivity index (χ4v) is 2.02. The van der Waals surface area contributed by atoms with Gasteiger partial charge >= 0.3 is 0 Å². The molecule has 3 nitrogen and oxygen atoms in total. The Morgan fingerprint density at radius 3 is 2.48 bits per heavy atom. The Labute approximate surface area is 126 Å². The summed E-state index contributed by atoms with van der Waals surface area (Å²) in [5.41, 5.74) is 1.13. The quantitative estimate of drug-likeness (QED) is 0.863. The number of rotatable bonds is 5. The molecule has 108 valence electrons. The van der Waals surface area contributed by atoms with E-state index in [2.05, 4.69) is 5.32 Å². The summed E-state index contributed by atoms with van der Waals surface area (Å²) < 4.78 is 12.7. The van der Waals surface area contributed by atoms with E-state index in [0.29, 0.717) is 10.6 Å². The van der Waals surface area contributed by atoms with Crippen molar-refractivity contribution in [3.63, 3.8) is 0 Å². The normalized spacial score (nSPS) is 10.2. The summed E-state index contributed by atoms with van der Waals surface area (Å²) in [5, 5.41) is 3.10. The first kappa shape index (κ1) is 15.2. The lowest BCUT2D eigenvalue weighted by molar-refractivity contribution is -0.120. The number of hydrogen-bond acceptors (Lipinski definition) is 2. The fourth-order valence-electron chi connectivity index (χ4n) is 1.81. The largest absolute Gasteiger partial charge is 0.348 e. The third-order valence-electron chi connectivity index (χ3n) is 2.87. The number of carbonyl (C=O) groups is 2. The Bertz CT molecular complexity index is 656. The highest BCUT2D eigenvalue weighted by atomic mass is 35.5. The van der Waals surface area contributed by atoms with Crippen molar-refractivity contribution in [1.29, 1.82) is 0 Å². The molecule has 5 heteroatoms. The van der Waals surface area contributed by atoms with Gasteiger partial charge < -0.3 is 5.32 Å². The Hall–Kier alpha value is -2.20. The summed E-state index contributed by atoms with van der Waals surface area (Å²) in [6.07, 6.45) is 0.150. The van der Waals surface area contributed by atoms with Crippen LogP contribution in [0.4, 0.5) is 4.39 Å². The van der Waals surface area contributed by atoms with Crippen LogP contribution in [-0.4, -0.2) is 18.2 Å². The Morgan fingerprint density at radius 1 is 1.10 bits per heavy atom. The molecule has 21 heavy (non-hydrogen) atoms. The minimum absolute atomic E-state index is 0.120. The van der Waals surface area contributed by atoms with Gasteiger partial charge in [-0.2, -0.15) is 0 Å². The zero-order chi connectivity index (χ0) is 15.2. The molecule has 2 rings (SSSR count). The Morgan fingerprint density at radius 2 is 1.81 bits per heavy atom. The summed E-state index contributed by atoms with van der Waals surface area (Å²) in [5.74, 6) is -0.946. The van der Waals surface area contributed by atoms with Crippen LogP contribution in [0.15, 0.2) is 48.5 Å². The number of benzene rings is 2. The SMILES string of the molecule is O=C(Cc1cccc(Cl)c1)NCC(=O)c1ccc(F)cc1. The molecule has 0 aromatic heterocycles. The van der Waals surface area contributed by atoms with Crippen molar-refractivity contribution in [2.24, 2.45) is 0 Å². The minimum Gasteiger partial charge on any atom is -0.348 e. The Kier molecular flexibility index (Phi) is 5.06. The van der Waals surface area contributed by atoms with Crippen LogP contribution in [0.3, 0.4) is 0 Å². The molecular weight excluding hydrogens is 293 g/mol. The molecule has 1 N–H and O–H groups in total. The summed E-state index contributed by atoms with van der Waals surface area (Å²) in [6, 6.07) is 12.2. The average molecular weight is 306 g/mol. The van der Waals surface area contributed by atoms with E-state index in [-0.39, 0.29) is 24.7 Å². The van der Waals surface area contributed by atoms with Gasteiger partial charge in [-0.15, -0.1) is 0 Å². The second kappa shape index (κ2) is 6.99. The van der Waals surface area contributed by atoms with E-state index < -0.39 is 5.82 Å². The molecule has 0 bridgehead atoms. The number of hydrogen-bond donors (Lipinski definition) is 1. The molecule has 0 heterocycles. The Balaban J connectivity index is 1.86. The van der Waals surface area contributed by atoms with Crippen molar-refractivity contribution in [2.45, 2.75) is 6.42 Å². The molecule has 0 saturated heterocycles. The first-order valence-electron chi connectivity index (χ1n) is 6.34. The van der Waals surface area contributed by atoms with E-state index in [9.17, 15) is 14.0 Å². The van der Waals surface area contributed by atoms with Crippen molar-refractivity contribution >= 4 is 23.3 Å². The molecule has 1 amide bonds. The third-order valence-corrected chi connectivity index (χ3v) is 3.10. The standard InChI is InChI=1S/C16H13ClFNO2/c17-13-3-1-2-11(8-13)9-16(21)19-10-15(20)12-4-6-14(18)7-5-12/h1-8H,9-10H2,(H,19,21). The lowest BCUT2D eigenvalue weighted by atomic mass is 10.1. The van der Waals surface area contributed by atoms with Crippen molar-refractivity contribution < 1.29 is 14.0 Å². The van der Waals surface area contributed by atoms with Gasteiger partial charge in [0.2, 0.25) is 5.91 Å². The molecule has 0 aliphatic heterocycles. The van der Waals surface area contributed by atoms with Gasteiger partial charge in [-0.25, -0.2) is 4.39 Å². The second-order valence-corrected chi connectivity index (χ2v) is 4.95. The average Bonchev–Trinajstić information content (AvgIpc) is 2.45. The minimum atomic E-state index is -0.406. The summed E-state index contributed by atoms with van der Waals surface area (Å²) >= 11 is 5.83. The first-order valence-corrected chi connectivity index (χ1v) is 6.72. The first-order chi connectivity index (χ1) is 10.0. The fraction of sp³-hybridized carbons (Fsp3) is 0.125. The molecule has 0 fully saturated rings. The van der Waals surface area contributed by atoms with Gasteiger partial charge in [-0.05, 0) is 42.0 Å². The zero-order valence-electron chi connectivity index (χ0n) is 11.1. The third kappa shape index (κ3) is 4.68. The molecule has 0 saturated carbocycles. The summed E-state index contributed by atoms with van der Waals surface area (Å²) in [6.45, 7) is -0.120. The van der Waals surface area contributed by atoms with Crippen molar-refractivity contribution in [3.8, 4) is 0 Å². The van der Waals surface area contributed by atoms with Crippen molar-refractivity contribution in [2.75, 3.05) is 6.54 Å². The van der Waals surface area contributed by atoms with Crippen molar-refractivity contribution in [1.82, 2.24) is 5.32 Å². The van der Waals surface area contributed by atoms with Crippen LogP contribution >= 0.6 is 11.6 Å². The van der Waals surface area contributed by atoms with Crippen LogP contribution in [-0.2, 0) is 11.2 Å². The van der Waals surface area contributed by atoms with Gasteiger partial charge in [-0.3, -0.25) is 9.59 Å². The number of amides is 1. The van der Waals surface area contributed by atoms with E-state index in [1.54, 1.807) is 24.3 Å². The van der Waals surface area contributed by atoms with Gasteiger partial charge in [0.05, 0.1) is 13.0 Å². The molecule has 0 radical (unpaired) electrons. The lowest BCUT2D eigenvalue weighted by Gasteiger charge is -2.05. The monoisotopic (exact) mass is 305 g/mol. The molecule has 0 aliphatic rings. The molecule has 2 aromatic rings. The number of ketones is 1. The number of nitrogens with one attached hydrogen (secondary N) is 1. The maximum atomic E-state index is 12.7. The predicted octanol–water partition coefficient (Wildman–Crippen LogP) is 3.02. The summed E-state index contributed by atoms with van der Waals surface area (Å²) in [7, 11) is 0. The maximum absolute atomic E-state index is 12.7. The van der Waals surface area contributed by atoms with E-state index >= 15 is 0 Å². The van der Waals surface area contributed by atoms with Crippen LogP contribution in [0.1, 0.15) is 15.9 Å². The predicted molar refractivity (Wildman–Crippen MR) is 78.9 cm³/mol.